The zero-order valence-corrected chi connectivity index (χ0v) is 15.4. The SMILES string of the molecule is Cc1cc(C)cc(NC(=O)N2CCN(c3ccc(C4CC4)nn3)CC2)c1. The second-order valence-corrected chi connectivity index (χ2v) is 7.37. The molecule has 4 rings (SSSR count). The van der Waals surface area contributed by atoms with Crippen LogP contribution in [-0.4, -0.2) is 47.3 Å². The molecule has 0 atom stereocenters. The van der Waals surface area contributed by atoms with Crippen molar-refractivity contribution >= 4 is 17.5 Å². The number of urea groups is 1. The Labute approximate surface area is 154 Å². The molecule has 1 aliphatic carbocycles. The lowest BCUT2D eigenvalue weighted by Gasteiger charge is -2.35. The van der Waals surface area contributed by atoms with Crippen molar-refractivity contribution in [2.75, 3.05) is 36.4 Å². The molecule has 1 saturated heterocycles. The summed E-state index contributed by atoms with van der Waals surface area (Å²) in [5.41, 5.74) is 4.27. The number of amides is 2. The van der Waals surface area contributed by atoms with Gasteiger partial charge in [-0.3, -0.25) is 0 Å². The molecule has 2 aromatic rings. The summed E-state index contributed by atoms with van der Waals surface area (Å²) >= 11 is 0. The lowest BCUT2D eigenvalue weighted by atomic mass is 10.1. The van der Waals surface area contributed by atoms with Crippen molar-refractivity contribution in [3.63, 3.8) is 0 Å². The predicted molar refractivity (Wildman–Crippen MR) is 103 cm³/mol. The van der Waals surface area contributed by atoms with Gasteiger partial charge in [-0.15, -0.1) is 5.10 Å². The molecule has 6 nitrogen and oxygen atoms in total. The molecule has 1 aromatic carbocycles. The van der Waals surface area contributed by atoms with Gasteiger partial charge in [0.25, 0.3) is 0 Å². The maximum atomic E-state index is 12.5. The molecule has 136 valence electrons. The first kappa shape index (κ1) is 16.8. The summed E-state index contributed by atoms with van der Waals surface area (Å²) in [6, 6.07) is 10.2. The number of piperazine rings is 1. The molecule has 26 heavy (non-hydrogen) atoms. The fourth-order valence-corrected chi connectivity index (χ4v) is 3.49. The van der Waals surface area contributed by atoms with Gasteiger partial charge in [-0.25, -0.2) is 4.79 Å². The van der Waals surface area contributed by atoms with E-state index in [0.29, 0.717) is 19.0 Å². The molecule has 1 N–H and O–H groups in total. The zero-order valence-electron chi connectivity index (χ0n) is 15.4. The lowest BCUT2D eigenvalue weighted by Crippen LogP contribution is -2.50. The molecule has 0 unspecified atom stereocenters. The summed E-state index contributed by atoms with van der Waals surface area (Å²) in [5, 5.41) is 11.8. The number of nitrogens with zero attached hydrogens (tertiary/aromatic N) is 4. The van der Waals surface area contributed by atoms with Crippen LogP contribution in [0.15, 0.2) is 30.3 Å². The van der Waals surface area contributed by atoms with Crippen LogP contribution in [0, 0.1) is 13.8 Å². The number of anilines is 2. The normalized spacial score (nSPS) is 17.3. The molecule has 1 aliphatic heterocycles. The van der Waals surface area contributed by atoms with Crippen LogP contribution in [0.1, 0.15) is 35.6 Å². The van der Waals surface area contributed by atoms with Crippen LogP contribution >= 0.6 is 0 Å². The zero-order chi connectivity index (χ0) is 18.1. The van der Waals surface area contributed by atoms with E-state index in [2.05, 4.69) is 38.6 Å². The summed E-state index contributed by atoms with van der Waals surface area (Å²) in [6.07, 6.45) is 2.48. The third-order valence-corrected chi connectivity index (χ3v) is 5.03. The summed E-state index contributed by atoms with van der Waals surface area (Å²) in [4.78, 5) is 16.6. The first-order valence-electron chi connectivity index (χ1n) is 9.31. The summed E-state index contributed by atoms with van der Waals surface area (Å²) < 4.78 is 0. The largest absolute Gasteiger partial charge is 0.352 e. The van der Waals surface area contributed by atoms with Crippen LogP contribution in [0.25, 0.3) is 0 Å². The minimum absolute atomic E-state index is 0.0372. The van der Waals surface area contributed by atoms with Gasteiger partial charge in [0.2, 0.25) is 0 Å². The maximum absolute atomic E-state index is 12.5. The van der Waals surface area contributed by atoms with E-state index in [4.69, 9.17) is 0 Å². The number of aromatic nitrogens is 2. The van der Waals surface area contributed by atoms with Gasteiger partial charge in [-0.1, -0.05) is 6.07 Å². The van der Waals surface area contributed by atoms with E-state index >= 15 is 0 Å². The summed E-state index contributed by atoms with van der Waals surface area (Å²) in [6.45, 7) is 6.99. The number of rotatable bonds is 3. The average Bonchev–Trinajstić information content (AvgIpc) is 3.46. The fourth-order valence-electron chi connectivity index (χ4n) is 3.49. The van der Waals surface area contributed by atoms with Gasteiger partial charge in [0, 0.05) is 37.8 Å². The Bertz CT molecular complexity index is 772. The Hall–Kier alpha value is -2.63. The van der Waals surface area contributed by atoms with Crippen molar-refractivity contribution in [2.45, 2.75) is 32.6 Å². The molecule has 6 heteroatoms. The van der Waals surface area contributed by atoms with Crippen molar-refractivity contribution in [1.29, 1.82) is 0 Å². The Morgan fingerprint density at radius 3 is 2.27 bits per heavy atom. The highest BCUT2D eigenvalue weighted by atomic mass is 16.2. The monoisotopic (exact) mass is 351 g/mol. The van der Waals surface area contributed by atoms with Gasteiger partial charge in [-0.2, -0.15) is 5.10 Å². The highest BCUT2D eigenvalue weighted by Gasteiger charge is 2.26. The predicted octanol–water partition coefficient (Wildman–Crippen LogP) is 3.32. The molecule has 2 fully saturated rings. The quantitative estimate of drug-likeness (QED) is 0.921. The fraction of sp³-hybridized carbons (Fsp3) is 0.450. The number of hydrogen-bond acceptors (Lipinski definition) is 4. The highest BCUT2D eigenvalue weighted by molar-refractivity contribution is 5.89. The molecule has 2 heterocycles. The highest BCUT2D eigenvalue weighted by Crippen LogP contribution is 2.38. The Morgan fingerprint density at radius 2 is 1.69 bits per heavy atom. The van der Waals surface area contributed by atoms with Crippen molar-refractivity contribution in [1.82, 2.24) is 15.1 Å². The van der Waals surface area contributed by atoms with E-state index in [-0.39, 0.29) is 6.03 Å². The van der Waals surface area contributed by atoms with E-state index in [1.807, 2.05) is 30.9 Å². The minimum atomic E-state index is -0.0372. The number of carbonyl (C=O) groups is 1. The summed E-state index contributed by atoms with van der Waals surface area (Å²) in [5.74, 6) is 1.53. The van der Waals surface area contributed by atoms with E-state index in [9.17, 15) is 4.79 Å². The van der Waals surface area contributed by atoms with Gasteiger partial charge < -0.3 is 15.1 Å². The molecule has 2 amide bonds. The molecule has 1 aromatic heterocycles. The molecular weight excluding hydrogens is 326 g/mol. The molecular formula is C20H25N5O. The average molecular weight is 351 g/mol. The van der Waals surface area contributed by atoms with Gasteiger partial charge in [0.1, 0.15) is 0 Å². The van der Waals surface area contributed by atoms with Crippen LogP contribution in [0.3, 0.4) is 0 Å². The van der Waals surface area contributed by atoms with E-state index in [0.717, 1.165) is 41.4 Å². The maximum Gasteiger partial charge on any atom is 0.321 e. The van der Waals surface area contributed by atoms with E-state index in [1.165, 1.54) is 12.8 Å². The molecule has 2 aliphatic rings. The van der Waals surface area contributed by atoms with Crippen molar-refractivity contribution in [2.24, 2.45) is 0 Å². The van der Waals surface area contributed by atoms with Crippen molar-refractivity contribution in [3.8, 4) is 0 Å². The van der Waals surface area contributed by atoms with Gasteiger partial charge in [-0.05, 0) is 62.1 Å². The Balaban J connectivity index is 1.33. The molecule has 1 saturated carbocycles. The summed E-state index contributed by atoms with van der Waals surface area (Å²) in [7, 11) is 0. The number of hydrogen-bond donors (Lipinski definition) is 1. The van der Waals surface area contributed by atoms with E-state index < -0.39 is 0 Å². The van der Waals surface area contributed by atoms with Crippen molar-refractivity contribution < 1.29 is 4.79 Å². The van der Waals surface area contributed by atoms with Crippen LogP contribution < -0.4 is 10.2 Å². The number of nitrogens with one attached hydrogen (secondary N) is 1. The second-order valence-electron chi connectivity index (χ2n) is 7.37. The lowest BCUT2D eigenvalue weighted by molar-refractivity contribution is 0.208. The Kier molecular flexibility index (Phi) is 4.49. The van der Waals surface area contributed by atoms with Crippen LogP contribution in [0.4, 0.5) is 16.3 Å². The first-order valence-corrected chi connectivity index (χ1v) is 9.31. The second kappa shape index (κ2) is 6.94. The number of benzene rings is 1. The standard InChI is InChI=1S/C20H25N5O/c1-14-11-15(2)13-17(12-14)21-20(26)25-9-7-24(8-10-25)19-6-5-18(22-23-19)16-3-4-16/h5-6,11-13,16H,3-4,7-10H2,1-2H3,(H,21,26). The third kappa shape index (κ3) is 3.79. The van der Waals surface area contributed by atoms with Crippen LogP contribution in [-0.2, 0) is 0 Å². The number of carbonyl (C=O) groups excluding carboxylic acids is 1. The van der Waals surface area contributed by atoms with Crippen LogP contribution in [0.5, 0.6) is 0 Å². The number of aryl methyl sites for hydroxylation is 2. The molecule has 0 spiro atoms. The third-order valence-electron chi connectivity index (χ3n) is 5.03. The topological polar surface area (TPSA) is 61.4 Å². The smallest absolute Gasteiger partial charge is 0.321 e. The Morgan fingerprint density at radius 1 is 1.00 bits per heavy atom. The van der Waals surface area contributed by atoms with Gasteiger partial charge in [0.05, 0.1) is 5.69 Å². The van der Waals surface area contributed by atoms with E-state index in [1.54, 1.807) is 0 Å². The van der Waals surface area contributed by atoms with Gasteiger partial charge >= 0.3 is 6.03 Å². The van der Waals surface area contributed by atoms with Crippen LogP contribution in [0.2, 0.25) is 0 Å². The molecule has 0 radical (unpaired) electrons. The van der Waals surface area contributed by atoms with Crippen molar-refractivity contribution in [3.05, 3.63) is 47.2 Å². The molecule has 0 bridgehead atoms. The minimum Gasteiger partial charge on any atom is -0.352 e. The first-order chi connectivity index (χ1) is 12.6. The van der Waals surface area contributed by atoms with Gasteiger partial charge in [0.15, 0.2) is 5.82 Å².